The van der Waals surface area contributed by atoms with Gasteiger partial charge in [0.1, 0.15) is 0 Å². The number of benzene rings is 1. The van der Waals surface area contributed by atoms with Gasteiger partial charge in [0.2, 0.25) is 15.9 Å². The second-order valence-corrected chi connectivity index (χ2v) is 9.38. The van der Waals surface area contributed by atoms with Crippen LogP contribution in [0.2, 0.25) is 0 Å². The third-order valence-electron chi connectivity index (χ3n) is 4.76. The van der Waals surface area contributed by atoms with Crippen LogP contribution in [0.1, 0.15) is 31.7 Å². The van der Waals surface area contributed by atoms with E-state index in [2.05, 4.69) is 10.2 Å². The third kappa shape index (κ3) is 7.41. The predicted octanol–water partition coefficient (Wildman–Crippen LogP) is 1.61. The first kappa shape index (κ1) is 25.6. The highest BCUT2D eigenvalue weighted by Gasteiger charge is 2.23. The minimum atomic E-state index is -3.43. The van der Waals surface area contributed by atoms with Crippen LogP contribution < -0.4 is 11.1 Å². The first-order valence-corrected chi connectivity index (χ1v) is 11.0. The van der Waals surface area contributed by atoms with Crippen molar-refractivity contribution >= 4 is 45.9 Å². The molecule has 0 radical (unpaired) electrons. The molecule has 1 aliphatic heterocycles. The summed E-state index contributed by atoms with van der Waals surface area (Å²) in [5.74, 6) is 0.800. The molecule has 10 heteroatoms. The molecule has 1 aromatic carbocycles. The Kier molecular flexibility index (Phi) is 10.3. The van der Waals surface area contributed by atoms with Crippen molar-refractivity contribution < 1.29 is 13.2 Å². The Morgan fingerprint density at radius 1 is 1.31 bits per heavy atom. The average molecular weight is 537 g/mol. The summed E-state index contributed by atoms with van der Waals surface area (Å²) in [6, 6.07) is 6.79. The number of primary amides is 1. The number of aliphatic imine (C=N–C) groups is 1. The van der Waals surface area contributed by atoms with Crippen molar-refractivity contribution in [3.63, 3.8) is 0 Å². The highest BCUT2D eigenvalue weighted by atomic mass is 127. The average Bonchev–Trinajstić information content (AvgIpc) is 2.65. The van der Waals surface area contributed by atoms with Crippen LogP contribution in [0.4, 0.5) is 0 Å². The zero-order valence-electron chi connectivity index (χ0n) is 17.3. The number of guanidine groups is 1. The van der Waals surface area contributed by atoms with Gasteiger partial charge in [-0.1, -0.05) is 12.1 Å². The van der Waals surface area contributed by atoms with Gasteiger partial charge in [0.05, 0.1) is 11.4 Å². The highest BCUT2D eigenvalue weighted by molar-refractivity contribution is 14.0. The molecule has 8 nitrogen and oxygen atoms in total. The molecule has 1 amide bonds. The van der Waals surface area contributed by atoms with Crippen molar-refractivity contribution in [2.24, 2.45) is 16.6 Å². The van der Waals surface area contributed by atoms with Crippen molar-refractivity contribution in [2.75, 3.05) is 33.7 Å². The van der Waals surface area contributed by atoms with Crippen molar-refractivity contribution in [3.05, 3.63) is 29.8 Å². The lowest BCUT2D eigenvalue weighted by molar-refractivity contribution is -0.119. The van der Waals surface area contributed by atoms with Gasteiger partial charge in [-0.05, 0) is 43.4 Å². The largest absolute Gasteiger partial charge is 0.370 e. The summed E-state index contributed by atoms with van der Waals surface area (Å²) in [6.07, 6.45) is 2.40. The van der Waals surface area contributed by atoms with Crippen LogP contribution in [0.3, 0.4) is 0 Å². The number of nitrogens with two attached hydrogens (primary N) is 1. The van der Waals surface area contributed by atoms with Crippen molar-refractivity contribution in [3.8, 4) is 0 Å². The summed E-state index contributed by atoms with van der Waals surface area (Å²) < 4.78 is 25.5. The lowest BCUT2D eigenvalue weighted by Crippen LogP contribution is -2.47. The number of halogens is 1. The van der Waals surface area contributed by atoms with E-state index in [1.165, 1.54) is 18.4 Å². The normalized spacial score (nSPS) is 17.7. The van der Waals surface area contributed by atoms with Gasteiger partial charge in [-0.25, -0.2) is 17.7 Å². The smallest absolute Gasteiger partial charge is 0.242 e. The van der Waals surface area contributed by atoms with Crippen LogP contribution in [0.25, 0.3) is 0 Å². The maximum absolute atomic E-state index is 12.2. The second-order valence-electron chi connectivity index (χ2n) is 7.23. The summed E-state index contributed by atoms with van der Waals surface area (Å²) in [5, 5.41) is 3.30. The van der Waals surface area contributed by atoms with E-state index >= 15 is 0 Å². The molecule has 0 spiro atoms. The molecular formula is C19H32IN5O3S. The van der Waals surface area contributed by atoms with Crippen LogP contribution in [-0.4, -0.2) is 63.2 Å². The molecule has 1 atom stereocenters. The molecule has 0 aliphatic carbocycles. The van der Waals surface area contributed by atoms with Crippen LogP contribution in [-0.2, 0) is 21.4 Å². The van der Waals surface area contributed by atoms with Gasteiger partial charge in [0.15, 0.2) is 5.96 Å². The van der Waals surface area contributed by atoms with Gasteiger partial charge >= 0.3 is 0 Å². The van der Waals surface area contributed by atoms with Crippen molar-refractivity contribution in [1.29, 1.82) is 0 Å². The van der Waals surface area contributed by atoms with E-state index in [1.807, 2.05) is 6.92 Å². The van der Waals surface area contributed by atoms with E-state index in [1.54, 1.807) is 24.3 Å². The van der Waals surface area contributed by atoms with Crippen LogP contribution in [0.5, 0.6) is 0 Å². The maximum atomic E-state index is 12.2. The van der Waals surface area contributed by atoms with E-state index < -0.39 is 10.0 Å². The molecule has 0 saturated carbocycles. The van der Waals surface area contributed by atoms with Gasteiger partial charge in [-0.15, -0.1) is 24.0 Å². The van der Waals surface area contributed by atoms with Gasteiger partial charge in [-0.2, -0.15) is 0 Å². The van der Waals surface area contributed by atoms with Crippen LogP contribution in [0.15, 0.2) is 34.2 Å². The SMILES string of the molecule is CCNC(=NCc1ccc(S(=O)(=O)N(C)C)cc1)N1CCCC(CC(N)=O)C1.I. The van der Waals surface area contributed by atoms with E-state index in [-0.39, 0.29) is 40.7 Å². The molecule has 1 heterocycles. The monoisotopic (exact) mass is 537 g/mol. The Balaban J connectivity index is 0.00000420. The molecule has 1 unspecified atom stereocenters. The first-order chi connectivity index (χ1) is 13.2. The summed E-state index contributed by atoms with van der Waals surface area (Å²) in [6.45, 7) is 4.86. The topological polar surface area (TPSA) is 108 Å². The standard InChI is InChI=1S/C19H31N5O3S.HI/c1-4-21-19(24-11-5-6-16(14-24)12-18(20)25)22-13-15-7-9-17(10-8-15)28(26,27)23(2)3;/h7-10,16H,4-6,11-14H2,1-3H3,(H2,20,25)(H,21,22);1H. The number of piperidine rings is 1. The number of amides is 1. The van der Waals surface area contributed by atoms with Crippen LogP contribution >= 0.6 is 24.0 Å². The van der Waals surface area contributed by atoms with E-state index in [0.717, 1.165) is 44.0 Å². The van der Waals surface area contributed by atoms with Crippen molar-refractivity contribution in [1.82, 2.24) is 14.5 Å². The third-order valence-corrected chi connectivity index (χ3v) is 6.59. The minimum absolute atomic E-state index is 0. The van der Waals surface area contributed by atoms with Crippen LogP contribution in [0, 0.1) is 5.92 Å². The van der Waals surface area contributed by atoms with Gasteiger partial charge in [0.25, 0.3) is 0 Å². The Morgan fingerprint density at radius 2 is 1.97 bits per heavy atom. The molecule has 1 saturated heterocycles. The maximum Gasteiger partial charge on any atom is 0.242 e. The fourth-order valence-corrected chi connectivity index (χ4v) is 4.18. The molecule has 0 aromatic heterocycles. The predicted molar refractivity (Wildman–Crippen MR) is 126 cm³/mol. The van der Waals surface area contributed by atoms with E-state index in [0.29, 0.717) is 13.0 Å². The Bertz CT molecular complexity index is 797. The molecule has 29 heavy (non-hydrogen) atoms. The number of likely N-dealkylation sites (tertiary alicyclic amines) is 1. The zero-order chi connectivity index (χ0) is 20.7. The first-order valence-electron chi connectivity index (χ1n) is 9.57. The fraction of sp³-hybridized carbons (Fsp3) is 0.579. The number of rotatable bonds is 7. The Labute approximate surface area is 191 Å². The number of hydrogen-bond acceptors (Lipinski definition) is 4. The minimum Gasteiger partial charge on any atom is -0.370 e. The number of hydrogen-bond donors (Lipinski definition) is 2. The van der Waals surface area contributed by atoms with Crippen molar-refractivity contribution in [2.45, 2.75) is 37.6 Å². The molecular weight excluding hydrogens is 505 g/mol. The Morgan fingerprint density at radius 3 is 2.52 bits per heavy atom. The van der Waals surface area contributed by atoms with Gasteiger partial charge in [0, 0.05) is 40.2 Å². The quantitative estimate of drug-likeness (QED) is 0.312. The van der Waals surface area contributed by atoms with E-state index in [9.17, 15) is 13.2 Å². The highest BCUT2D eigenvalue weighted by Crippen LogP contribution is 2.20. The number of nitrogens with zero attached hydrogens (tertiary/aromatic N) is 3. The summed E-state index contributed by atoms with van der Waals surface area (Å²) in [5.41, 5.74) is 6.28. The number of carbonyl (C=O) groups is 1. The summed E-state index contributed by atoms with van der Waals surface area (Å²) in [7, 11) is -0.399. The molecule has 1 fully saturated rings. The molecule has 0 bridgehead atoms. The van der Waals surface area contributed by atoms with Gasteiger partial charge in [-0.3, -0.25) is 4.79 Å². The second kappa shape index (κ2) is 11.7. The lowest BCUT2D eigenvalue weighted by Gasteiger charge is -2.34. The van der Waals surface area contributed by atoms with Gasteiger partial charge < -0.3 is 16.0 Å². The summed E-state index contributed by atoms with van der Waals surface area (Å²) in [4.78, 5) is 18.4. The fourth-order valence-electron chi connectivity index (χ4n) is 3.28. The number of carbonyl (C=O) groups excluding carboxylic acids is 1. The zero-order valence-corrected chi connectivity index (χ0v) is 20.4. The number of sulfonamides is 1. The molecule has 1 aromatic rings. The Hall–Kier alpha value is -1.40. The van der Waals surface area contributed by atoms with E-state index in [4.69, 9.17) is 10.7 Å². The molecule has 164 valence electrons. The lowest BCUT2D eigenvalue weighted by atomic mass is 9.95. The molecule has 2 rings (SSSR count). The number of nitrogens with one attached hydrogen (secondary N) is 1. The summed E-state index contributed by atoms with van der Waals surface area (Å²) >= 11 is 0. The molecule has 1 aliphatic rings. The molecule has 3 N–H and O–H groups in total.